The topological polar surface area (TPSA) is 49.7 Å². The third kappa shape index (κ3) is 4.95. The Morgan fingerprint density at radius 2 is 1.75 bits per heavy atom. The van der Waals surface area contributed by atoms with Gasteiger partial charge in [-0.15, -0.1) is 0 Å². The van der Waals surface area contributed by atoms with Crippen LogP contribution in [0.15, 0.2) is 0 Å². The maximum absolute atomic E-state index is 9.42. The van der Waals surface area contributed by atoms with Gasteiger partial charge in [0.05, 0.1) is 12.7 Å². The van der Waals surface area contributed by atoms with E-state index in [0.717, 1.165) is 6.42 Å². The Balaban J connectivity index is 3.99. The van der Waals surface area contributed by atoms with Gasteiger partial charge < -0.3 is 14.6 Å². The molecule has 4 heteroatoms. The highest BCUT2D eigenvalue weighted by molar-refractivity contribution is 6.74. The van der Waals surface area contributed by atoms with Gasteiger partial charge in [0, 0.05) is 6.61 Å². The van der Waals surface area contributed by atoms with Crippen LogP contribution in [0.2, 0.25) is 18.1 Å². The van der Waals surface area contributed by atoms with E-state index in [-0.39, 0.29) is 17.6 Å². The minimum Gasteiger partial charge on any atom is -0.417 e. The van der Waals surface area contributed by atoms with Gasteiger partial charge in [0.25, 0.3) is 0 Å². The highest BCUT2D eigenvalue weighted by atomic mass is 28.4. The van der Waals surface area contributed by atoms with Crippen molar-refractivity contribution in [3.05, 3.63) is 0 Å². The number of rotatable bonds is 6. The molecule has 0 aliphatic carbocycles. The van der Waals surface area contributed by atoms with Crippen molar-refractivity contribution in [1.82, 2.24) is 0 Å². The van der Waals surface area contributed by atoms with Crippen molar-refractivity contribution in [3.8, 4) is 0 Å². The van der Waals surface area contributed by atoms with Gasteiger partial charge in [-0.2, -0.15) is 0 Å². The molecule has 0 aromatic rings. The van der Waals surface area contributed by atoms with Gasteiger partial charge in [0.1, 0.15) is 0 Å². The largest absolute Gasteiger partial charge is 0.417 e. The Kier molecular flexibility index (Phi) is 6.18. The molecule has 2 atom stereocenters. The molecule has 0 bridgehead atoms. The first kappa shape index (κ1) is 16.1. The van der Waals surface area contributed by atoms with E-state index >= 15 is 0 Å². The summed E-state index contributed by atoms with van der Waals surface area (Å²) in [5, 5.41) is 18.5. The quantitative estimate of drug-likeness (QED) is 0.710. The number of aliphatic hydroxyl groups is 2. The number of aliphatic hydroxyl groups excluding tert-OH is 2. The van der Waals surface area contributed by atoms with E-state index in [1.165, 1.54) is 0 Å². The molecule has 0 amide bonds. The first-order valence-electron chi connectivity index (χ1n) is 6.04. The molecule has 0 aliphatic heterocycles. The Bertz CT molecular complexity index is 199. The van der Waals surface area contributed by atoms with E-state index in [0.29, 0.717) is 6.61 Å². The zero-order valence-corrected chi connectivity index (χ0v) is 12.6. The molecule has 16 heavy (non-hydrogen) atoms. The second kappa shape index (κ2) is 6.14. The molecule has 98 valence electrons. The van der Waals surface area contributed by atoms with Gasteiger partial charge in [0.15, 0.2) is 8.32 Å². The Morgan fingerprint density at radius 1 is 1.25 bits per heavy atom. The molecule has 0 radical (unpaired) electrons. The van der Waals surface area contributed by atoms with Gasteiger partial charge in [0.2, 0.25) is 0 Å². The second-order valence-corrected chi connectivity index (χ2v) is 10.9. The lowest BCUT2D eigenvalue weighted by atomic mass is 10.0. The Labute approximate surface area is 101 Å². The Morgan fingerprint density at radius 3 is 2.12 bits per heavy atom. The van der Waals surface area contributed by atoms with Crippen molar-refractivity contribution < 1.29 is 14.6 Å². The van der Waals surface area contributed by atoms with E-state index < -0.39 is 14.4 Å². The first-order chi connectivity index (χ1) is 7.12. The van der Waals surface area contributed by atoms with Crippen molar-refractivity contribution >= 4 is 8.32 Å². The van der Waals surface area contributed by atoms with Crippen LogP contribution in [0.4, 0.5) is 0 Å². The summed E-state index contributed by atoms with van der Waals surface area (Å²) in [7, 11) is -1.66. The Hall–Kier alpha value is 0.0969. The summed E-state index contributed by atoms with van der Waals surface area (Å²) in [6.45, 7) is 13.5. The summed E-state index contributed by atoms with van der Waals surface area (Å²) >= 11 is 0. The van der Waals surface area contributed by atoms with Crippen LogP contribution < -0.4 is 0 Å². The minimum atomic E-state index is -1.66. The molecule has 0 rings (SSSR count). The molecule has 0 spiro atoms. The molecule has 0 unspecified atom stereocenters. The molecule has 0 aromatic heterocycles. The smallest absolute Gasteiger partial charge is 0.191 e. The molecular formula is C12H28O3Si. The van der Waals surface area contributed by atoms with Crippen LogP contribution in [0.5, 0.6) is 0 Å². The summed E-state index contributed by atoms with van der Waals surface area (Å²) in [5.41, 5.74) is 0. The summed E-state index contributed by atoms with van der Waals surface area (Å²) < 4.78 is 6.01. The van der Waals surface area contributed by atoms with Crippen molar-refractivity contribution in [3.63, 3.8) is 0 Å². The van der Waals surface area contributed by atoms with Gasteiger partial charge in [-0.3, -0.25) is 0 Å². The van der Waals surface area contributed by atoms with Crippen LogP contribution >= 0.6 is 0 Å². The molecule has 0 aliphatic rings. The van der Waals surface area contributed by atoms with Gasteiger partial charge >= 0.3 is 0 Å². The lowest BCUT2D eigenvalue weighted by Crippen LogP contribution is -2.41. The lowest BCUT2D eigenvalue weighted by molar-refractivity contribution is 0.0445. The summed E-state index contributed by atoms with van der Waals surface area (Å²) in [6, 6.07) is 0. The monoisotopic (exact) mass is 248 g/mol. The molecule has 2 N–H and O–H groups in total. The van der Waals surface area contributed by atoms with Crippen LogP contribution in [0.1, 0.15) is 34.1 Å². The fourth-order valence-electron chi connectivity index (χ4n) is 1.09. The molecule has 3 nitrogen and oxygen atoms in total. The predicted molar refractivity (Wildman–Crippen MR) is 70.0 cm³/mol. The van der Waals surface area contributed by atoms with Gasteiger partial charge in [-0.1, -0.05) is 27.7 Å². The third-order valence-corrected chi connectivity index (χ3v) is 8.22. The molecule has 0 aromatic carbocycles. The molecule has 0 fully saturated rings. The zero-order valence-electron chi connectivity index (χ0n) is 11.6. The van der Waals surface area contributed by atoms with E-state index in [9.17, 15) is 5.11 Å². The van der Waals surface area contributed by atoms with E-state index in [2.05, 4.69) is 33.9 Å². The average Bonchev–Trinajstić information content (AvgIpc) is 2.14. The summed E-state index contributed by atoms with van der Waals surface area (Å²) in [6.07, 6.45) is 0.178. The predicted octanol–water partition coefficient (Wildman–Crippen LogP) is 2.39. The minimum absolute atomic E-state index is 0.0924. The van der Waals surface area contributed by atoms with Crippen LogP contribution in [-0.4, -0.2) is 37.8 Å². The van der Waals surface area contributed by atoms with Crippen molar-refractivity contribution in [2.24, 2.45) is 5.92 Å². The van der Waals surface area contributed by atoms with Crippen LogP contribution in [0, 0.1) is 5.92 Å². The van der Waals surface area contributed by atoms with Gasteiger partial charge in [-0.05, 0) is 30.5 Å². The van der Waals surface area contributed by atoms with Gasteiger partial charge in [-0.25, -0.2) is 0 Å². The standard InChI is InChI=1S/C12H28O3Si/c1-10(11(14)9-13)7-8-15-16(5,6)12(2,3)4/h10-11,13-14H,7-9H2,1-6H3/t10-,11+/m1/s1. The number of hydrogen-bond donors (Lipinski definition) is 2. The molecule has 0 saturated carbocycles. The van der Waals surface area contributed by atoms with E-state index in [1.807, 2.05) is 6.92 Å². The third-order valence-electron chi connectivity index (χ3n) is 3.69. The van der Waals surface area contributed by atoms with Crippen molar-refractivity contribution in [2.45, 2.75) is 58.4 Å². The maximum atomic E-state index is 9.42. The lowest BCUT2D eigenvalue weighted by Gasteiger charge is -2.36. The van der Waals surface area contributed by atoms with Crippen LogP contribution in [-0.2, 0) is 4.43 Å². The average molecular weight is 248 g/mol. The summed E-state index contributed by atoms with van der Waals surface area (Å²) in [4.78, 5) is 0. The number of hydrogen-bond acceptors (Lipinski definition) is 3. The zero-order chi connectivity index (χ0) is 13.0. The van der Waals surface area contributed by atoms with Crippen LogP contribution in [0.3, 0.4) is 0 Å². The van der Waals surface area contributed by atoms with E-state index in [1.54, 1.807) is 0 Å². The van der Waals surface area contributed by atoms with E-state index in [4.69, 9.17) is 9.53 Å². The molecule has 0 heterocycles. The normalized spacial score (nSPS) is 17.2. The molecular weight excluding hydrogens is 220 g/mol. The highest BCUT2D eigenvalue weighted by Gasteiger charge is 2.37. The second-order valence-electron chi connectivity index (χ2n) is 6.12. The van der Waals surface area contributed by atoms with Crippen molar-refractivity contribution in [1.29, 1.82) is 0 Å². The maximum Gasteiger partial charge on any atom is 0.191 e. The van der Waals surface area contributed by atoms with Crippen molar-refractivity contribution in [2.75, 3.05) is 13.2 Å². The highest BCUT2D eigenvalue weighted by Crippen LogP contribution is 2.36. The summed E-state index contributed by atoms with van der Waals surface area (Å²) in [5.74, 6) is 0.0924. The fourth-order valence-corrected chi connectivity index (χ4v) is 2.15. The fraction of sp³-hybridized carbons (Fsp3) is 1.00. The SMILES string of the molecule is C[C@H](CCO[Si](C)(C)C(C)(C)C)[C@@H](O)CO. The first-order valence-corrected chi connectivity index (χ1v) is 8.95. The van der Waals surface area contributed by atoms with Crippen LogP contribution in [0.25, 0.3) is 0 Å². The molecule has 0 saturated heterocycles.